The zero-order chi connectivity index (χ0) is 13.1. The minimum absolute atomic E-state index is 0.741. The Labute approximate surface area is 114 Å². The van der Waals surface area contributed by atoms with E-state index in [0.29, 0.717) is 0 Å². The van der Waals surface area contributed by atoms with Crippen LogP contribution in [0.1, 0.15) is 59.8 Å². The first kappa shape index (κ1) is 14.3. The van der Waals surface area contributed by atoms with Gasteiger partial charge in [0.15, 0.2) is 0 Å². The second kappa shape index (κ2) is 6.38. The van der Waals surface area contributed by atoms with Crippen molar-refractivity contribution in [3.8, 4) is 0 Å². The molecule has 2 nitrogen and oxygen atoms in total. The predicted octanol–water partition coefficient (Wildman–Crippen LogP) is 3.27. The third-order valence-corrected chi connectivity index (χ3v) is 5.08. The third-order valence-electron chi connectivity index (χ3n) is 5.08. The van der Waals surface area contributed by atoms with Gasteiger partial charge in [0.1, 0.15) is 0 Å². The lowest BCUT2D eigenvalue weighted by Crippen LogP contribution is -2.55. The molecule has 1 heterocycles. The number of likely N-dealkylation sites (tertiary alicyclic amines) is 1. The number of hydrogen-bond acceptors (Lipinski definition) is 2. The Hall–Kier alpha value is -0.0800. The minimum atomic E-state index is 0.741. The van der Waals surface area contributed by atoms with Gasteiger partial charge in [0.2, 0.25) is 0 Å². The molecule has 0 spiro atoms. The Morgan fingerprint density at radius 1 is 1.22 bits per heavy atom. The van der Waals surface area contributed by atoms with Gasteiger partial charge >= 0.3 is 0 Å². The highest BCUT2D eigenvalue weighted by Gasteiger charge is 2.38. The van der Waals surface area contributed by atoms with E-state index in [1.54, 1.807) is 0 Å². The average molecular weight is 252 g/mol. The lowest BCUT2D eigenvalue weighted by Gasteiger charge is -2.44. The molecule has 1 saturated heterocycles. The first-order valence-corrected chi connectivity index (χ1v) is 8.12. The standard InChI is InChI=1S/C16H32N2/c1-5-17-14-9-8-13(4)11-16(14)18-10-6-7-15(18)12(2)3/h12-17H,5-11H2,1-4H3. The number of nitrogens with zero attached hydrogens (tertiary/aromatic N) is 1. The van der Waals surface area contributed by atoms with Crippen molar-refractivity contribution in [2.45, 2.75) is 77.9 Å². The minimum Gasteiger partial charge on any atom is -0.313 e. The first-order valence-electron chi connectivity index (χ1n) is 8.12. The number of hydrogen-bond donors (Lipinski definition) is 1. The molecule has 18 heavy (non-hydrogen) atoms. The van der Waals surface area contributed by atoms with Gasteiger partial charge in [-0.25, -0.2) is 0 Å². The third kappa shape index (κ3) is 3.08. The van der Waals surface area contributed by atoms with E-state index in [2.05, 4.69) is 37.9 Å². The van der Waals surface area contributed by atoms with Crippen molar-refractivity contribution in [2.75, 3.05) is 13.1 Å². The molecule has 2 heteroatoms. The van der Waals surface area contributed by atoms with Crippen molar-refractivity contribution in [3.05, 3.63) is 0 Å². The molecule has 2 fully saturated rings. The molecule has 2 rings (SSSR count). The van der Waals surface area contributed by atoms with Crippen molar-refractivity contribution in [2.24, 2.45) is 11.8 Å². The van der Waals surface area contributed by atoms with Gasteiger partial charge in [0, 0.05) is 18.1 Å². The molecular weight excluding hydrogens is 220 g/mol. The van der Waals surface area contributed by atoms with Crippen LogP contribution in [0.25, 0.3) is 0 Å². The molecule has 1 aliphatic heterocycles. The van der Waals surface area contributed by atoms with Gasteiger partial charge in [-0.05, 0) is 57.0 Å². The van der Waals surface area contributed by atoms with Crippen molar-refractivity contribution >= 4 is 0 Å². The molecule has 1 saturated carbocycles. The summed E-state index contributed by atoms with van der Waals surface area (Å²) in [7, 11) is 0. The van der Waals surface area contributed by atoms with Crippen LogP contribution in [0.3, 0.4) is 0 Å². The fourth-order valence-corrected chi connectivity index (χ4v) is 4.16. The highest BCUT2D eigenvalue weighted by atomic mass is 15.2. The van der Waals surface area contributed by atoms with Crippen LogP contribution in [0.4, 0.5) is 0 Å². The molecule has 106 valence electrons. The molecule has 0 aromatic rings. The smallest absolute Gasteiger partial charge is 0.0254 e. The maximum atomic E-state index is 3.75. The quantitative estimate of drug-likeness (QED) is 0.826. The summed E-state index contributed by atoms with van der Waals surface area (Å²) in [6, 6.07) is 2.37. The Bertz CT molecular complexity index is 251. The van der Waals surface area contributed by atoms with Crippen molar-refractivity contribution < 1.29 is 0 Å². The lowest BCUT2D eigenvalue weighted by atomic mass is 9.81. The SMILES string of the molecule is CCNC1CCC(C)CC1N1CCCC1C(C)C. The zero-order valence-electron chi connectivity index (χ0n) is 12.8. The second-order valence-electron chi connectivity index (χ2n) is 6.84. The summed E-state index contributed by atoms with van der Waals surface area (Å²) in [4.78, 5) is 2.85. The lowest BCUT2D eigenvalue weighted by molar-refractivity contribution is 0.0736. The molecule has 4 atom stereocenters. The van der Waals surface area contributed by atoms with Gasteiger partial charge < -0.3 is 5.32 Å². The van der Waals surface area contributed by atoms with E-state index in [4.69, 9.17) is 0 Å². The molecule has 0 aromatic heterocycles. The zero-order valence-corrected chi connectivity index (χ0v) is 12.8. The van der Waals surface area contributed by atoms with Crippen LogP contribution in [-0.4, -0.2) is 36.1 Å². The molecule has 0 aromatic carbocycles. The molecule has 0 radical (unpaired) electrons. The molecule has 1 aliphatic carbocycles. The van der Waals surface area contributed by atoms with Gasteiger partial charge in [0.25, 0.3) is 0 Å². The maximum absolute atomic E-state index is 3.75. The van der Waals surface area contributed by atoms with Gasteiger partial charge in [-0.2, -0.15) is 0 Å². The molecule has 0 bridgehead atoms. The summed E-state index contributed by atoms with van der Waals surface area (Å²) < 4.78 is 0. The molecule has 1 N–H and O–H groups in total. The van der Waals surface area contributed by atoms with Crippen molar-refractivity contribution in [1.29, 1.82) is 0 Å². The fourth-order valence-electron chi connectivity index (χ4n) is 4.16. The summed E-state index contributed by atoms with van der Waals surface area (Å²) in [6.07, 6.45) is 7.02. The Kier molecular flexibility index (Phi) is 5.08. The van der Waals surface area contributed by atoms with Crippen LogP contribution in [0.15, 0.2) is 0 Å². The van der Waals surface area contributed by atoms with Crippen LogP contribution < -0.4 is 5.32 Å². The molecule has 2 aliphatic rings. The number of rotatable bonds is 4. The van der Waals surface area contributed by atoms with E-state index in [9.17, 15) is 0 Å². The largest absolute Gasteiger partial charge is 0.313 e. The van der Waals surface area contributed by atoms with Crippen LogP contribution in [-0.2, 0) is 0 Å². The van der Waals surface area contributed by atoms with E-state index < -0.39 is 0 Å². The summed E-state index contributed by atoms with van der Waals surface area (Å²) in [5.74, 6) is 1.73. The van der Waals surface area contributed by atoms with Gasteiger partial charge in [-0.3, -0.25) is 4.90 Å². The van der Waals surface area contributed by atoms with E-state index in [1.165, 1.54) is 38.6 Å². The highest BCUT2D eigenvalue weighted by Crippen LogP contribution is 2.34. The molecule has 4 unspecified atom stereocenters. The van der Waals surface area contributed by atoms with Crippen LogP contribution in [0, 0.1) is 11.8 Å². The summed E-state index contributed by atoms with van der Waals surface area (Å²) >= 11 is 0. The van der Waals surface area contributed by atoms with Gasteiger partial charge in [0.05, 0.1) is 0 Å². The van der Waals surface area contributed by atoms with E-state index >= 15 is 0 Å². The first-order chi connectivity index (χ1) is 8.63. The Morgan fingerprint density at radius 2 is 2.00 bits per heavy atom. The van der Waals surface area contributed by atoms with E-state index in [1.807, 2.05) is 0 Å². The maximum Gasteiger partial charge on any atom is 0.0254 e. The predicted molar refractivity (Wildman–Crippen MR) is 78.8 cm³/mol. The number of nitrogens with one attached hydrogen (secondary N) is 1. The summed E-state index contributed by atoms with van der Waals surface area (Å²) in [6.45, 7) is 11.9. The highest BCUT2D eigenvalue weighted by molar-refractivity contribution is 4.95. The van der Waals surface area contributed by atoms with E-state index in [0.717, 1.165) is 36.5 Å². The normalized spacial score (nSPS) is 38.5. The van der Waals surface area contributed by atoms with Crippen LogP contribution in [0.2, 0.25) is 0 Å². The average Bonchev–Trinajstić information content (AvgIpc) is 2.80. The summed E-state index contributed by atoms with van der Waals surface area (Å²) in [5.41, 5.74) is 0. The number of likely N-dealkylation sites (N-methyl/N-ethyl adjacent to an activating group) is 1. The molecule has 0 amide bonds. The fraction of sp³-hybridized carbons (Fsp3) is 1.00. The molecular formula is C16H32N2. The van der Waals surface area contributed by atoms with Gasteiger partial charge in [-0.1, -0.05) is 27.7 Å². The second-order valence-corrected chi connectivity index (χ2v) is 6.84. The Morgan fingerprint density at radius 3 is 2.67 bits per heavy atom. The van der Waals surface area contributed by atoms with E-state index in [-0.39, 0.29) is 0 Å². The monoisotopic (exact) mass is 252 g/mol. The van der Waals surface area contributed by atoms with Crippen LogP contribution >= 0.6 is 0 Å². The topological polar surface area (TPSA) is 15.3 Å². The Balaban J connectivity index is 2.06. The van der Waals surface area contributed by atoms with Gasteiger partial charge in [-0.15, -0.1) is 0 Å². The van der Waals surface area contributed by atoms with Crippen molar-refractivity contribution in [3.63, 3.8) is 0 Å². The summed E-state index contributed by atoms with van der Waals surface area (Å²) in [5, 5.41) is 3.75. The van der Waals surface area contributed by atoms with Crippen molar-refractivity contribution in [1.82, 2.24) is 10.2 Å². The van der Waals surface area contributed by atoms with Crippen LogP contribution in [0.5, 0.6) is 0 Å².